The normalized spacial score (nSPS) is 10.9. The van der Waals surface area contributed by atoms with Gasteiger partial charge in [0.25, 0.3) is 0 Å². The fourth-order valence-corrected chi connectivity index (χ4v) is 3.51. The highest BCUT2D eigenvalue weighted by molar-refractivity contribution is 5.90. The summed E-state index contributed by atoms with van der Waals surface area (Å²) in [5, 5.41) is 11.8. The van der Waals surface area contributed by atoms with Crippen LogP contribution in [0.3, 0.4) is 0 Å². The lowest BCUT2D eigenvalue weighted by atomic mass is 10.1. The van der Waals surface area contributed by atoms with Gasteiger partial charge < -0.3 is 10.6 Å². The average Bonchev–Trinajstić information content (AvgIpc) is 3.25. The van der Waals surface area contributed by atoms with Gasteiger partial charge in [-0.2, -0.15) is 15.1 Å². The second-order valence-electron chi connectivity index (χ2n) is 7.32. The molecule has 0 unspecified atom stereocenters. The predicted octanol–water partition coefficient (Wildman–Crippen LogP) is 5.35. The van der Waals surface area contributed by atoms with Gasteiger partial charge in [0.15, 0.2) is 5.65 Å². The van der Waals surface area contributed by atoms with E-state index < -0.39 is 0 Å². The molecule has 2 aromatic heterocycles. The van der Waals surface area contributed by atoms with E-state index in [-0.39, 0.29) is 5.82 Å². The van der Waals surface area contributed by atoms with Gasteiger partial charge in [0.05, 0.1) is 17.3 Å². The highest BCUT2D eigenvalue weighted by Gasteiger charge is 2.14. The highest BCUT2D eigenvalue weighted by atomic mass is 19.1. The molecule has 7 heteroatoms. The molecular weight excluding hydrogens is 403 g/mol. The maximum Gasteiger partial charge on any atom is 0.226 e. The number of hydrogen-bond acceptors (Lipinski definition) is 5. The Morgan fingerprint density at radius 1 is 0.844 bits per heavy atom. The van der Waals surface area contributed by atoms with Gasteiger partial charge in [-0.05, 0) is 42.3 Å². The number of fused-ring (bicyclic) bond motifs is 1. The van der Waals surface area contributed by atoms with E-state index in [1.165, 1.54) is 17.7 Å². The number of anilines is 3. The minimum Gasteiger partial charge on any atom is -0.354 e. The van der Waals surface area contributed by atoms with Crippen molar-refractivity contribution in [3.05, 3.63) is 103 Å². The van der Waals surface area contributed by atoms with Gasteiger partial charge in [-0.3, -0.25) is 0 Å². The second kappa shape index (κ2) is 8.85. The summed E-state index contributed by atoms with van der Waals surface area (Å²) >= 11 is 0. The van der Waals surface area contributed by atoms with E-state index >= 15 is 0 Å². The monoisotopic (exact) mass is 424 g/mol. The smallest absolute Gasteiger partial charge is 0.226 e. The minimum absolute atomic E-state index is 0.318. The molecule has 0 bridgehead atoms. The van der Waals surface area contributed by atoms with Crippen LogP contribution in [0, 0.1) is 5.82 Å². The molecule has 0 atom stereocenters. The Morgan fingerprint density at radius 2 is 1.62 bits per heavy atom. The summed E-state index contributed by atoms with van der Waals surface area (Å²) in [6.45, 7) is 0.675. The van der Waals surface area contributed by atoms with Gasteiger partial charge in [-0.25, -0.2) is 9.07 Å². The van der Waals surface area contributed by atoms with E-state index in [2.05, 4.69) is 32.8 Å². The molecule has 158 valence electrons. The fraction of sp³-hybridized carbons (Fsp3) is 0.0800. The topological polar surface area (TPSA) is 67.7 Å². The maximum atomic E-state index is 13.7. The lowest BCUT2D eigenvalue weighted by molar-refractivity contribution is 0.628. The molecule has 0 saturated carbocycles. The van der Waals surface area contributed by atoms with Crippen molar-refractivity contribution in [2.75, 3.05) is 17.2 Å². The summed E-state index contributed by atoms with van der Waals surface area (Å²) in [4.78, 5) is 9.38. The van der Waals surface area contributed by atoms with Crippen LogP contribution in [0.2, 0.25) is 0 Å². The molecule has 0 spiro atoms. The summed E-state index contributed by atoms with van der Waals surface area (Å²) in [5.74, 6) is 0.719. The number of nitrogens with one attached hydrogen (secondary N) is 2. The third-order valence-corrected chi connectivity index (χ3v) is 5.06. The highest BCUT2D eigenvalue weighted by Crippen LogP contribution is 2.27. The first-order valence-electron chi connectivity index (χ1n) is 10.4. The molecule has 3 aromatic carbocycles. The van der Waals surface area contributed by atoms with Crippen molar-refractivity contribution in [1.82, 2.24) is 19.7 Å². The van der Waals surface area contributed by atoms with Crippen LogP contribution in [0.1, 0.15) is 5.56 Å². The van der Waals surface area contributed by atoms with Gasteiger partial charge in [0.2, 0.25) is 5.95 Å². The van der Waals surface area contributed by atoms with Gasteiger partial charge in [0.1, 0.15) is 11.6 Å². The Morgan fingerprint density at radius 3 is 2.41 bits per heavy atom. The molecular formula is C25H21FN6. The van der Waals surface area contributed by atoms with Crippen LogP contribution in [0.5, 0.6) is 0 Å². The summed E-state index contributed by atoms with van der Waals surface area (Å²) in [6, 6.07) is 26.3. The first-order valence-corrected chi connectivity index (χ1v) is 10.4. The van der Waals surface area contributed by atoms with Crippen molar-refractivity contribution < 1.29 is 4.39 Å². The minimum atomic E-state index is -0.318. The zero-order valence-corrected chi connectivity index (χ0v) is 17.2. The van der Waals surface area contributed by atoms with Crippen molar-refractivity contribution in [3.8, 4) is 5.69 Å². The second-order valence-corrected chi connectivity index (χ2v) is 7.32. The van der Waals surface area contributed by atoms with E-state index in [0.717, 1.165) is 17.5 Å². The lowest BCUT2D eigenvalue weighted by Gasteiger charge is -2.11. The summed E-state index contributed by atoms with van der Waals surface area (Å²) in [6.07, 6.45) is 2.56. The Bertz CT molecular complexity index is 1330. The first-order chi connectivity index (χ1) is 15.8. The molecule has 0 amide bonds. The number of nitrogens with zero attached hydrogens (tertiary/aromatic N) is 4. The molecule has 0 fully saturated rings. The SMILES string of the molecule is Fc1cccc(Nc2nc(NCCc3ccccc3)nc3c2cnn3-c2ccccc2)c1. The zero-order valence-electron chi connectivity index (χ0n) is 17.2. The number of rotatable bonds is 7. The summed E-state index contributed by atoms with van der Waals surface area (Å²) < 4.78 is 15.5. The van der Waals surface area contributed by atoms with Crippen molar-refractivity contribution in [2.45, 2.75) is 6.42 Å². The molecule has 0 aliphatic rings. The Hall–Kier alpha value is -4.26. The van der Waals surface area contributed by atoms with Gasteiger partial charge >= 0.3 is 0 Å². The van der Waals surface area contributed by atoms with E-state index in [0.29, 0.717) is 29.6 Å². The number of hydrogen-bond donors (Lipinski definition) is 2. The quantitative estimate of drug-likeness (QED) is 0.369. The van der Waals surface area contributed by atoms with Crippen LogP contribution in [0.15, 0.2) is 91.1 Å². The first kappa shape index (κ1) is 19.7. The van der Waals surface area contributed by atoms with Crippen molar-refractivity contribution in [1.29, 1.82) is 0 Å². The predicted molar refractivity (Wildman–Crippen MR) is 125 cm³/mol. The van der Waals surface area contributed by atoms with Crippen LogP contribution in [-0.4, -0.2) is 26.3 Å². The van der Waals surface area contributed by atoms with Crippen LogP contribution in [0.25, 0.3) is 16.7 Å². The van der Waals surface area contributed by atoms with Gasteiger partial charge in [0, 0.05) is 12.2 Å². The third-order valence-electron chi connectivity index (χ3n) is 5.06. The Balaban J connectivity index is 1.50. The molecule has 0 aliphatic heterocycles. The average molecular weight is 424 g/mol. The Kier molecular flexibility index (Phi) is 5.45. The van der Waals surface area contributed by atoms with Gasteiger partial charge in [-0.15, -0.1) is 0 Å². The summed E-state index contributed by atoms with van der Waals surface area (Å²) in [7, 11) is 0. The molecule has 2 N–H and O–H groups in total. The maximum absolute atomic E-state index is 13.7. The van der Waals surface area contributed by atoms with Gasteiger partial charge in [-0.1, -0.05) is 54.6 Å². The van der Waals surface area contributed by atoms with Crippen LogP contribution in [-0.2, 0) is 6.42 Å². The number of aromatic nitrogens is 4. The molecule has 2 heterocycles. The molecule has 6 nitrogen and oxygen atoms in total. The molecule has 32 heavy (non-hydrogen) atoms. The standard InChI is InChI=1S/C25H21FN6/c26-19-10-7-11-20(16-19)29-23-22-17-28-32(21-12-5-2-6-13-21)24(22)31-25(30-23)27-15-14-18-8-3-1-4-9-18/h1-13,16-17H,14-15H2,(H2,27,29,30,31). The molecule has 5 rings (SSSR count). The number of benzene rings is 3. The van der Waals surface area contributed by atoms with Crippen LogP contribution < -0.4 is 10.6 Å². The van der Waals surface area contributed by atoms with E-state index in [4.69, 9.17) is 4.98 Å². The summed E-state index contributed by atoms with van der Waals surface area (Å²) in [5.41, 5.74) is 3.39. The third kappa shape index (κ3) is 4.27. The largest absolute Gasteiger partial charge is 0.354 e. The lowest BCUT2D eigenvalue weighted by Crippen LogP contribution is -2.10. The molecule has 0 saturated heterocycles. The van der Waals surface area contributed by atoms with Crippen molar-refractivity contribution in [2.24, 2.45) is 0 Å². The molecule has 0 radical (unpaired) electrons. The van der Waals surface area contributed by atoms with E-state index in [1.54, 1.807) is 23.0 Å². The van der Waals surface area contributed by atoms with Crippen molar-refractivity contribution >= 4 is 28.5 Å². The van der Waals surface area contributed by atoms with Crippen LogP contribution in [0.4, 0.5) is 21.8 Å². The number of para-hydroxylation sites is 1. The molecule has 5 aromatic rings. The Labute approximate surface area is 184 Å². The van der Waals surface area contributed by atoms with E-state index in [9.17, 15) is 4.39 Å². The molecule has 0 aliphatic carbocycles. The van der Waals surface area contributed by atoms with Crippen molar-refractivity contribution in [3.63, 3.8) is 0 Å². The number of halogens is 1. The van der Waals surface area contributed by atoms with Crippen LogP contribution >= 0.6 is 0 Å². The zero-order chi connectivity index (χ0) is 21.8. The van der Waals surface area contributed by atoms with E-state index in [1.807, 2.05) is 48.5 Å². The fourth-order valence-electron chi connectivity index (χ4n) is 3.51.